The zero-order valence-electron chi connectivity index (χ0n) is 26.8. The minimum Gasteiger partial charge on any atom is -0.352 e. The van der Waals surface area contributed by atoms with Crippen molar-refractivity contribution in [1.82, 2.24) is 10.2 Å². The van der Waals surface area contributed by atoms with E-state index in [2.05, 4.69) is 5.32 Å². The second kappa shape index (κ2) is 15.9. The monoisotopic (exact) mass is 659 g/mol. The lowest BCUT2D eigenvalue weighted by molar-refractivity contribution is -0.140. The molecule has 0 fully saturated rings. The molecular formula is C37H42ClN3O4S. The van der Waals surface area contributed by atoms with Crippen LogP contribution in [-0.4, -0.2) is 43.8 Å². The third-order valence-electron chi connectivity index (χ3n) is 8.07. The minimum absolute atomic E-state index is 0.0786. The van der Waals surface area contributed by atoms with E-state index in [1.807, 2.05) is 82.3 Å². The van der Waals surface area contributed by atoms with Crippen molar-refractivity contribution in [3.8, 4) is 0 Å². The van der Waals surface area contributed by atoms with E-state index in [-0.39, 0.29) is 29.8 Å². The highest BCUT2D eigenvalue weighted by molar-refractivity contribution is 7.92. The third kappa shape index (κ3) is 8.77. The van der Waals surface area contributed by atoms with E-state index < -0.39 is 28.5 Å². The molecular weight excluding hydrogens is 618 g/mol. The van der Waals surface area contributed by atoms with Crippen LogP contribution < -0.4 is 9.62 Å². The van der Waals surface area contributed by atoms with Gasteiger partial charge in [-0.3, -0.25) is 13.9 Å². The molecule has 242 valence electrons. The second-order valence-electron chi connectivity index (χ2n) is 11.5. The van der Waals surface area contributed by atoms with E-state index in [4.69, 9.17) is 11.6 Å². The minimum atomic E-state index is -4.17. The average molecular weight is 660 g/mol. The molecule has 46 heavy (non-hydrogen) atoms. The fourth-order valence-electron chi connectivity index (χ4n) is 5.19. The Labute approximate surface area is 278 Å². The molecule has 0 aromatic heterocycles. The zero-order valence-corrected chi connectivity index (χ0v) is 28.4. The highest BCUT2D eigenvalue weighted by Crippen LogP contribution is 2.29. The summed E-state index contributed by atoms with van der Waals surface area (Å²) in [6, 6.07) is 29.3. The van der Waals surface area contributed by atoms with Crippen LogP contribution >= 0.6 is 11.6 Å². The van der Waals surface area contributed by atoms with Crippen molar-refractivity contribution in [3.05, 3.63) is 130 Å². The number of amides is 2. The molecule has 0 aliphatic rings. The van der Waals surface area contributed by atoms with Crippen molar-refractivity contribution >= 4 is 39.1 Å². The topological polar surface area (TPSA) is 86.8 Å². The fraction of sp³-hybridized carbons (Fsp3) is 0.297. The van der Waals surface area contributed by atoms with Crippen LogP contribution in [0.15, 0.2) is 108 Å². The van der Waals surface area contributed by atoms with Gasteiger partial charge in [0.2, 0.25) is 11.8 Å². The molecule has 7 nitrogen and oxygen atoms in total. The summed E-state index contributed by atoms with van der Waals surface area (Å²) in [5.41, 5.74) is 3.76. The van der Waals surface area contributed by atoms with Crippen LogP contribution in [-0.2, 0) is 39.0 Å². The van der Waals surface area contributed by atoms with Gasteiger partial charge in [-0.25, -0.2) is 8.42 Å². The number of halogens is 1. The van der Waals surface area contributed by atoms with E-state index in [9.17, 15) is 18.0 Å². The smallest absolute Gasteiger partial charge is 0.264 e. The molecule has 4 rings (SSSR count). The lowest BCUT2D eigenvalue weighted by Crippen LogP contribution is -2.54. The van der Waals surface area contributed by atoms with E-state index in [0.717, 1.165) is 22.3 Å². The van der Waals surface area contributed by atoms with Gasteiger partial charge in [0.1, 0.15) is 12.6 Å². The summed E-state index contributed by atoms with van der Waals surface area (Å²) >= 11 is 6.17. The number of carbonyl (C=O) groups is 2. The van der Waals surface area contributed by atoms with Gasteiger partial charge in [0, 0.05) is 24.0 Å². The van der Waals surface area contributed by atoms with Gasteiger partial charge < -0.3 is 10.2 Å². The lowest BCUT2D eigenvalue weighted by atomic mass is 10.0. The number of rotatable bonds is 14. The molecule has 0 aliphatic carbocycles. The van der Waals surface area contributed by atoms with Gasteiger partial charge in [-0.2, -0.15) is 0 Å². The summed E-state index contributed by atoms with van der Waals surface area (Å²) in [5.74, 6) is -0.806. The summed E-state index contributed by atoms with van der Waals surface area (Å²) in [7, 11) is -4.17. The molecule has 0 unspecified atom stereocenters. The number of hydrogen-bond acceptors (Lipinski definition) is 4. The molecule has 0 radical (unpaired) electrons. The number of sulfonamides is 1. The number of aryl methyl sites for hydroxylation is 2. The van der Waals surface area contributed by atoms with Crippen LogP contribution in [0.5, 0.6) is 0 Å². The normalized spacial score (nSPS) is 12.6. The molecule has 4 aromatic carbocycles. The highest BCUT2D eigenvalue weighted by Gasteiger charge is 2.35. The van der Waals surface area contributed by atoms with Crippen molar-refractivity contribution in [3.63, 3.8) is 0 Å². The van der Waals surface area contributed by atoms with Gasteiger partial charge in [0.25, 0.3) is 10.0 Å². The number of hydrogen-bond donors (Lipinski definition) is 1. The quantitative estimate of drug-likeness (QED) is 0.159. The van der Waals surface area contributed by atoms with E-state index >= 15 is 0 Å². The van der Waals surface area contributed by atoms with Crippen molar-refractivity contribution in [1.29, 1.82) is 0 Å². The summed E-state index contributed by atoms with van der Waals surface area (Å²) in [5, 5.41) is 3.60. The SMILES string of the molecule is CCc1ccccc1N(CC(=O)N(Cc1ccc(Cl)cc1)[C@H](Cc1ccccc1)C(=O)N[C@@H](C)CC)S(=O)(=O)c1ccc(C)cc1. The number of para-hydroxylation sites is 1. The first-order valence-electron chi connectivity index (χ1n) is 15.6. The Kier molecular flexibility index (Phi) is 12.0. The standard InChI is InChI=1S/C37H42ClN3O4S/c1-5-28(4)39-37(43)35(24-29-12-8-7-9-13-29)40(25-30-18-20-32(38)21-19-30)36(42)26-41(34-15-11-10-14-31(34)6-2)46(44,45)33-22-16-27(3)17-23-33/h7-23,28,35H,5-6,24-26H2,1-4H3,(H,39,43)/t28-,35+/m0/s1. The number of anilines is 1. The van der Waals surface area contributed by atoms with Gasteiger partial charge >= 0.3 is 0 Å². The Balaban J connectivity index is 1.83. The predicted molar refractivity (Wildman–Crippen MR) is 185 cm³/mol. The van der Waals surface area contributed by atoms with Crippen LogP contribution in [0.2, 0.25) is 5.02 Å². The maximum atomic E-state index is 14.6. The van der Waals surface area contributed by atoms with E-state index in [1.54, 1.807) is 48.5 Å². The summed E-state index contributed by atoms with van der Waals surface area (Å²) in [6.45, 7) is 7.31. The highest BCUT2D eigenvalue weighted by atomic mass is 35.5. The van der Waals surface area contributed by atoms with Crippen LogP contribution in [0.1, 0.15) is 49.4 Å². The molecule has 1 N–H and O–H groups in total. The molecule has 0 saturated carbocycles. The molecule has 4 aromatic rings. The molecule has 0 bridgehead atoms. The lowest BCUT2D eigenvalue weighted by Gasteiger charge is -2.34. The van der Waals surface area contributed by atoms with Crippen LogP contribution in [0, 0.1) is 6.92 Å². The summed E-state index contributed by atoms with van der Waals surface area (Å²) < 4.78 is 29.8. The predicted octanol–water partition coefficient (Wildman–Crippen LogP) is 6.96. The average Bonchev–Trinajstić information content (AvgIpc) is 3.06. The van der Waals surface area contributed by atoms with Gasteiger partial charge in [0.15, 0.2) is 0 Å². The number of nitrogens with zero attached hydrogens (tertiary/aromatic N) is 2. The van der Waals surface area contributed by atoms with Crippen molar-refractivity contribution in [2.75, 3.05) is 10.8 Å². The maximum Gasteiger partial charge on any atom is 0.264 e. The zero-order chi connectivity index (χ0) is 33.3. The van der Waals surface area contributed by atoms with Gasteiger partial charge in [-0.15, -0.1) is 0 Å². The van der Waals surface area contributed by atoms with Crippen LogP contribution in [0.25, 0.3) is 0 Å². The van der Waals surface area contributed by atoms with Gasteiger partial charge in [-0.1, -0.05) is 104 Å². The second-order valence-corrected chi connectivity index (χ2v) is 13.8. The van der Waals surface area contributed by atoms with Gasteiger partial charge in [-0.05, 0) is 73.7 Å². The third-order valence-corrected chi connectivity index (χ3v) is 10.1. The largest absolute Gasteiger partial charge is 0.352 e. The molecule has 0 aliphatic heterocycles. The first kappa shape index (κ1) is 34.7. The molecule has 0 saturated heterocycles. The Morgan fingerprint density at radius 3 is 2.09 bits per heavy atom. The summed E-state index contributed by atoms with van der Waals surface area (Å²) in [6.07, 6.45) is 1.52. The molecule has 0 spiro atoms. The molecule has 0 heterocycles. The van der Waals surface area contributed by atoms with Crippen molar-refractivity contribution in [2.45, 2.75) is 70.5 Å². The van der Waals surface area contributed by atoms with E-state index in [1.165, 1.54) is 9.21 Å². The first-order valence-corrected chi connectivity index (χ1v) is 17.4. The Morgan fingerprint density at radius 1 is 0.826 bits per heavy atom. The van der Waals surface area contributed by atoms with Crippen molar-refractivity contribution in [2.24, 2.45) is 0 Å². The Hall–Kier alpha value is -4.14. The molecule has 2 atom stereocenters. The maximum absolute atomic E-state index is 14.6. The number of nitrogens with one attached hydrogen (secondary N) is 1. The number of carbonyl (C=O) groups excluding carboxylic acids is 2. The van der Waals surface area contributed by atoms with E-state index in [0.29, 0.717) is 23.6 Å². The molecule has 9 heteroatoms. The Morgan fingerprint density at radius 2 is 1.46 bits per heavy atom. The van der Waals surface area contributed by atoms with Crippen LogP contribution in [0.4, 0.5) is 5.69 Å². The number of benzene rings is 4. The molecule has 2 amide bonds. The van der Waals surface area contributed by atoms with Gasteiger partial charge in [0.05, 0.1) is 10.6 Å². The summed E-state index contributed by atoms with van der Waals surface area (Å²) in [4.78, 5) is 30.2. The van der Waals surface area contributed by atoms with Crippen molar-refractivity contribution < 1.29 is 18.0 Å². The first-order chi connectivity index (χ1) is 22.0. The Bertz CT molecular complexity index is 1710. The fourth-order valence-corrected chi connectivity index (χ4v) is 6.76. The van der Waals surface area contributed by atoms with Crippen LogP contribution in [0.3, 0.4) is 0 Å².